The Hall–Kier alpha value is -6.79. The molecule has 8 aromatic carbocycles. The number of benzene rings is 8. The fourth-order valence-corrected chi connectivity index (χ4v) is 11.6. The Bertz CT molecular complexity index is 3770. The highest BCUT2D eigenvalue weighted by molar-refractivity contribution is 7.27. The van der Waals surface area contributed by atoms with Crippen LogP contribution in [0.15, 0.2) is 176 Å². The summed E-state index contributed by atoms with van der Waals surface area (Å²) in [6, 6.07) is 62.7. The van der Waals surface area contributed by atoms with Crippen LogP contribution < -0.4 is 0 Å². The zero-order valence-electron chi connectivity index (χ0n) is 29.9. The molecule has 5 heteroatoms. The van der Waals surface area contributed by atoms with Crippen molar-refractivity contribution in [2.45, 2.75) is 0 Å². The summed E-state index contributed by atoms with van der Waals surface area (Å²) in [4.78, 5) is 4.65. The molecular formula is C51H29N3S2. The number of hydrogen-bond donors (Lipinski definition) is 0. The van der Waals surface area contributed by atoms with Gasteiger partial charge in [0, 0.05) is 80.1 Å². The summed E-state index contributed by atoms with van der Waals surface area (Å²) in [6.45, 7) is 0. The standard InChI is InChI=1S/C51H29N3S2/c1-2-10-33(11-3-1)53-44-14-6-4-12-35(44)41-28-42-39-21-20-38-40-26-30(31-16-19-37-36-13-5-7-15-47(36)55-48(37)27-31)17-23-45(40)54(50(38)51(39)56-49(42)29-46(41)53)34-18-22-43-32(25-34)9-8-24-52-43/h1-29H. The minimum atomic E-state index is 1.00. The fourth-order valence-electron chi connectivity index (χ4n) is 9.20. The molecular weight excluding hydrogens is 719 g/mol. The van der Waals surface area contributed by atoms with Crippen LogP contribution in [0.3, 0.4) is 0 Å². The number of rotatable bonds is 3. The molecule has 5 aromatic heterocycles. The van der Waals surface area contributed by atoms with Gasteiger partial charge in [0.2, 0.25) is 0 Å². The Morgan fingerprint density at radius 2 is 1.11 bits per heavy atom. The van der Waals surface area contributed by atoms with Gasteiger partial charge in [-0.25, -0.2) is 0 Å². The first-order valence-corrected chi connectivity index (χ1v) is 20.6. The maximum atomic E-state index is 4.65. The Labute approximate surface area is 328 Å². The van der Waals surface area contributed by atoms with E-state index in [1.54, 1.807) is 0 Å². The monoisotopic (exact) mass is 747 g/mol. The molecule has 0 N–H and O–H groups in total. The SMILES string of the molecule is c1ccc(-n2c3ccccc3c3cc4c(cc32)sc2c4ccc3c4cc(-c5ccc6c(c5)sc5ccccc56)ccc4n(-c4ccc5ncccc5c4)c32)cc1. The average molecular weight is 748 g/mol. The van der Waals surface area contributed by atoms with E-state index in [9.17, 15) is 0 Å². The molecule has 0 bridgehead atoms. The lowest BCUT2D eigenvalue weighted by Gasteiger charge is -2.10. The fraction of sp³-hybridized carbons (Fsp3) is 0. The highest BCUT2D eigenvalue weighted by atomic mass is 32.1. The van der Waals surface area contributed by atoms with Crippen LogP contribution in [0.5, 0.6) is 0 Å². The van der Waals surface area contributed by atoms with Gasteiger partial charge in [-0.2, -0.15) is 0 Å². The van der Waals surface area contributed by atoms with Crippen LogP contribution in [0.1, 0.15) is 0 Å². The molecule has 5 heterocycles. The first-order valence-electron chi connectivity index (χ1n) is 18.9. The van der Waals surface area contributed by atoms with Crippen molar-refractivity contribution in [1.82, 2.24) is 14.1 Å². The number of hydrogen-bond acceptors (Lipinski definition) is 3. The van der Waals surface area contributed by atoms with Gasteiger partial charge in [0.05, 0.1) is 32.3 Å². The number of fused-ring (bicyclic) bond motifs is 14. The third-order valence-corrected chi connectivity index (χ3v) is 14.0. The molecule has 13 rings (SSSR count). The van der Waals surface area contributed by atoms with E-state index in [1.807, 2.05) is 34.9 Å². The zero-order chi connectivity index (χ0) is 36.5. The highest BCUT2D eigenvalue weighted by Gasteiger charge is 2.21. The van der Waals surface area contributed by atoms with Crippen LogP contribution in [0, 0.1) is 0 Å². The molecule has 0 atom stereocenters. The van der Waals surface area contributed by atoms with E-state index in [4.69, 9.17) is 0 Å². The maximum absolute atomic E-state index is 4.65. The Morgan fingerprint density at radius 3 is 2.05 bits per heavy atom. The molecule has 0 fully saturated rings. The van der Waals surface area contributed by atoms with Crippen LogP contribution in [-0.2, 0) is 0 Å². The molecule has 0 aliphatic carbocycles. The van der Waals surface area contributed by atoms with Gasteiger partial charge >= 0.3 is 0 Å². The topological polar surface area (TPSA) is 22.8 Å². The molecule has 13 aromatic rings. The van der Waals surface area contributed by atoms with E-state index < -0.39 is 0 Å². The molecule has 0 aliphatic heterocycles. The predicted octanol–water partition coefficient (Wildman–Crippen LogP) is 14.8. The van der Waals surface area contributed by atoms with Crippen LogP contribution >= 0.6 is 22.7 Å². The van der Waals surface area contributed by atoms with Crippen LogP contribution in [0.4, 0.5) is 0 Å². The van der Waals surface area contributed by atoms with Crippen molar-refractivity contribution in [3.63, 3.8) is 0 Å². The summed E-state index contributed by atoms with van der Waals surface area (Å²) < 4.78 is 10.2. The normalized spacial score (nSPS) is 12.3. The molecule has 0 spiro atoms. The summed E-state index contributed by atoms with van der Waals surface area (Å²) in [5, 5.41) is 11.4. The maximum Gasteiger partial charge on any atom is 0.0719 e. The third-order valence-electron chi connectivity index (χ3n) is 11.7. The molecule has 56 heavy (non-hydrogen) atoms. The molecule has 260 valence electrons. The van der Waals surface area contributed by atoms with Gasteiger partial charge in [0.25, 0.3) is 0 Å². The van der Waals surface area contributed by atoms with E-state index >= 15 is 0 Å². The summed E-state index contributed by atoms with van der Waals surface area (Å²) in [7, 11) is 0. The van der Waals surface area contributed by atoms with Gasteiger partial charge in [-0.05, 0) is 90.0 Å². The molecule has 0 aliphatic rings. The predicted molar refractivity (Wildman–Crippen MR) is 242 cm³/mol. The van der Waals surface area contributed by atoms with Crippen molar-refractivity contribution < 1.29 is 0 Å². The minimum absolute atomic E-state index is 1.00. The van der Waals surface area contributed by atoms with E-state index in [1.165, 1.54) is 101 Å². The van der Waals surface area contributed by atoms with Gasteiger partial charge < -0.3 is 9.13 Å². The lowest BCUT2D eigenvalue weighted by molar-refractivity contribution is 1.18. The molecule has 0 amide bonds. The van der Waals surface area contributed by atoms with Crippen molar-refractivity contribution >= 4 is 118 Å². The molecule has 0 unspecified atom stereocenters. The number of aromatic nitrogens is 3. The molecule has 0 saturated carbocycles. The first-order chi connectivity index (χ1) is 27.7. The van der Waals surface area contributed by atoms with Gasteiger partial charge in [-0.1, -0.05) is 91.0 Å². The van der Waals surface area contributed by atoms with Gasteiger partial charge in [0.1, 0.15) is 0 Å². The summed E-state index contributed by atoms with van der Waals surface area (Å²) in [5.41, 5.74) is 10.7. The summed E-state index contributed by atoms with van der Waals surface area (Å²) >= 11 is 3.78. The smallest absolute Gasteiger partial charge is 0.0719 e. The second-order valence-corrected chi connectivity index (χ2v) is 16.9. The Morgan fingerprint density at radius 1 is 0.375 bits per heavy atom. The lowest BCUT2D eigenvalue weighted by Crippen LogP contribution is -1.94. The zero-order valence-corrected chi connectivity index (χ0v) is 31.5. The number of nitrogens with zero attached hydrogens (tertiary/aromatic N) is 3. The Kier molecular flexibility index (Phi) is 6.20. The van der Waals surface area contributed by atoms with Crippen LogP contribution in [0.2, 0.25) is 0 Å². The molecule has 0 saturated heterocycles. The quantitative estimate of drug-likeness (QED) is 0.176. The van der Waals surface area contributed by atoms with E-state index in [2.05, 4.69) is 178 Å². The van der Waals surface area contributed by atoms with Crippen LogP contribution in [-0.4, -0.2) is 14.1 Å². The van der Waals surface area contributed by atoms with Crippen molar-refractivity contribution in [3.05, 3.63) is 176 Å². The van der Waals surface area contributed by atoms with Crippen LogP contribution in [0.25, 0.3) is 117 Å². The van der Waals surface area contributed by atoms with E-state index in [0.29, 0.717) is 0 Å². The highest BCUT2D eigenvalue weighted by Crippen LogP contribution is 2.46. The molecule has 3 nitrogen and oxygen atoms in total. The number of para-hydroxylation sites is 2. The Balaban J connectivity index is 1.10. The number of pyridine rings is 1. The van der Waals surface area contributed by atoms with Gasteiger partial charge in [-0.3, -0.25) is 4.98 Å². The average Bonchev–Trinajstić information content (AvgIpc) is 4.00. The van der Waals surface area contributed by atoms with Crippen molar-refractivity contribution in [1.29, 1.82) is 0 Å². The van der Waals surface area contributed by atoms with E-state index in [0.717, 1.165) is 16.6 Å². The van der Waals surface area contributed by atoms with Crippen molar-refractivity contribution in [2.24, 2.45) is 0 Å². The van der Waals surface area contributed by atoms with Gasteiger partial charge in [-0.15, -0.1) is 22.7 Å². The summed E-state index contributed by atoms with van der Waals surface area (Å²) in [6.07, 6.45) is 1.87. The lowest BCUT2D eigenvalue weighted by atomic mass is 10.0. The van der Waals surface area contributed by atoms with Crippen molar-refractivity contribution in [2.75, 3.05) is 0 Å². The largest absolute Gasteiger partial charge is 0.309 e. The second-order valence-electron chi connectivity index (χ2n) is 14.8. The van der Waals surface area contributed by atoms with Gasteiger partial charge in [0.15, 0.2) is 0 Å². The summed E-state index contributed by atoms with van der Waals surface area (Å²) in [5.74, 6) is 0. The van der Waals surface area contributed by atoms with Crippen molar-refractivity contribution in [3.8, 4) is 22.5 Å². The third kappa shape index (κ3) is 4.24. The second kappa shape index (κ2) is 11.4. The molecule has 0 radical (unpaired) electrons. The number of thiophene rings is 2. The van der Waals surface area contributed by atoms with E-state index in [-0.39, 0.29) is 0 Å². The minimum Gasteiger partial charge on any atom is -0.309 e. The first kappa shape index (κ1) is 30.5.